The smallest absolute Gasteiger partial charge is 0.191 e. The van der Waals surface area contributed by atoms with Crippen LogP contribution < -0.4 is 10.6 Å². The maximum Gasteiger partial charge on any atom is 0.191 e. The molecule has 1 saturated heterocycles. The van der Waals surface area contributed by atoms with Crippen LogP contribution in [0.2, 0.25) is 0 Å². The second kappa shape index (κ2) is 9.38. The lowest BCUT2D eigenvalue weighted by Gasteiger charge is -2.41. The first-order chi connectivity index (χ1) is 12.7. The van der Waals surface area contributed by atoms with Gasteiger partial charge in [-0.15, -0.1) is 0 Å². The van der Waals surface area contributed by atoms with Crippen molar-refractivity contribution in [1.29, 1.82) is 0 Å². The van der Waals surface area contributed by atoms with Gasteiger partial charge >= 0.3 is 0 Å². The van der Waals surface area contributed by atoms with Gasteiger partial charge in [-0.1, -0.05) is 37.6 Å². The highest BCUT2D eigenvalue weighted by Gasteiger charge is 2.34. The topological polar surface area (TPSA) is 48.9 Å². The summed E-state index contributed by atoms with van der Waals surface area (Å²) in [4.78, 5) is 6.84. The standard InChI is InChI=1S/C21H34N4O/c1-3-21(8-5-9-21)17-24-20(22-2)23-15-18-6-4-7-19(14-18)16-25-10-12-26-13-11-25/h4,6-7,14H,3,5,8-13,15-17H2,1-2H3,(H2,22,23,24). The highest BCUT2D eigenvalue weighted by atomic mass is 16.5. The Morgan fingerprint density at radius 1 is 1.19 bits per heavy atom. The second-order valence-corrected chi connectivity index (χ2v) is 7.69. The van der Waals surface area contributed by atoms with E-state index in [9.17, 15) is 0 Å². The van der Waals surface area contributed by atoms with Gasteiger partial charge in [0.15, 0.2) is 5.96 Å². The maximum absolute atomic E-state index is 5.43. The van der Waals surface area contributed by atoms with Crippen molar-refractivity contribution < 1.29 is 4.74 Å². The van der Waals surface area contributed by atoms with Crippen LogP contribution >= 0.6 is 0 Å². The quantitative estimate of drug-likeness (QED) is 0.581. The fourth-order valence-corrected chi connectivity index (χ4v) is 3.87. The van der Waals surface area contributed by atoms with E-state index in [2.05, 4.69) is 51.7 Å². The molecule has 1 aliphatic carbocycles. The van der Waals surface area contributed by atoms with E-state index >= 15 is 0 Å². The van der Waals surface area contributed by atoms with Gasteiger partial charge in [-0.3, -0.25) is 9.89 Å². The Morgan fingerprint density at radius 2 is 1.96 bits per heavy atom. The maximum atomic E-state index is 5.43. The van der Waals surface area contributed by atoms with Gasteiger partial charge in [0.2, 0.25) is 0 Å². The van der Waals surface area contributed by atoms with Crippen LogP contribution in [0.3, 0.4) is 0 Å². The van der Waals surface area contributed by atoms with Crippen molar-refractivity contribution in [3.8, 4) is 0 Å². The molecule has 2 aliphatic rings. The third-order valence-corrected chi connectivity index (χ3v) is 5.98. The summed E-state index contributed by atoms with van der Waals surface area (Å²) in [6, 6.07) is 8.86. The average Bonchev–Trinajstić information content (AvgIpc) is 2.65. The number of nitrogens with one attached hydrogen (secondary N) is 2. The van der Waals surface area contributed by atoms with Crippen molar-refractivity contribution in [3.63, 3.8) is 0 Å². The second-order valence-electron chi connectivity index (χ2n) is 7.69. The van der Waals surface area contributed by atoms with E-state index in [1.54, 1.807) is 0 Å². The molecule has 1 heterocycles. The van der Waals surface area contributed by atoms with E-state index in [1.807, 2.05) is 7.05 Å². The zero-order valence-electron chi connectivity index (χ0n) is 16.4. The molecular weight excluding hydrogens is 324 g/mol. The summed E-state index contributed by atoms with van der Waals surface area (Å²) in [6.45, 7) is 8.89. The molecule has 5 nitrogen and oxygen atoms in total. The number of nitrogens with zero attached hydrogens (tertiary/aromatic N) is 2. The van der Waals surface area contributed by atoms with Crippen molar-refractivity contribution in [1.82, 2.24) is 15.5 Å². The molecule has 0 radical (unpaired) electrons. The molecule has 0 spiro atoms. The molecule has 2 N–H and O–H groups in total. The van der Waals surface area contributed by atoms with Gasteiger partial charge in [-0.2, -0.15) is 0 Å². The van der Waals surface area contributed by atoms with Gasteiger partial charge in [0.05, 0.1) is 13.2 Å². The Labute approximate surface area is 158 Å². The highest BCUT2D eigenvalue weighted by molar-refractivity contribution is 5.79. The summed E-state index contributed by atoms with van der Waals surface area (Å²) in [5, 5.41) is 7.00. The van der Waals surface area contributed by atoms with Crippen LogP contribution in [0, 0.1) is 5.41 Å². The van der Waals surface area contributed by atoms with E-state index in [0.29, 0.717) is 5.41 Å². The lowest BCUT2D eigenvalue weighted by molar-refractivity contribution is 0.0342. The van der Waals surface area contributed by atoms with Gasteiger partial charge in [-0.05, 0) is 35.8 Å². The molecule has 144 valence electrons. The van der Waals surface area contributed by atoms with Crippen molar-refractivity contribution >= 4 is 5.96 Å². The summed E-state index contributed by atoms with van der Waals surface area (Å²) < 4.78 is 5.43. The van der Waals surface area contributed by atoms with E-state index in [0.717, 1.165) is 51.9 Å². The van der Waals surface area contributed by atoms with Gasteiger partial charge in [0.1, 0.15) is 0 Å². The molecule has 1 aromatic carbocycles. The molecule has 0 atom stereocenters. The Balaban J connectivity index is 1.47. The monoisotopic (exact) mass is 358 g/mol. The fourth-order valence-electron chi connectivity index (χ4n) is 3.87. The first kappa shape index (κ1) is 19.2. The molecule has 1 saturated carbocycles. The predicted octanol–water partition coefficient (Wildman–Crippen LogP) is 2.76. The van der Waals surface area contributed by atoms with E-state index < -0.39 is 0 Å². The van der Waals surface area contributed by atoms with Crippen LogP contribution in [-0.2, 0) is 17.8 Å². The average molecular weight is 359 g/mol. The predicted molar refractivity (Wildman–Crippen MR) is 107 cm³/mol. The summed E-state index contributed by atoms with van der Waals surface area (Å²) in [6.07, 6.45) is 5.31. The molecule has 0 amide bonds. The van der Waals surface area contributed by atoms with Crippen LogP contribution in [0.5, 0.6) is 0 Å². The van der Waals surface area contributed by atoms with E-state index in [4.69, 9.17) is 4.74 Å². The summed E-state index contributed by atoms with van der Waals surface area (Å²) >= 11 is 0. The fraction of sp³-hybridized carbons (Fsp3) is 0.667. The number of guanidine groups is 1. The van der Waals surface area contributed by atoms with Crippen molar-refractivity contribution in [2.24, 2.45) is 10.4 Å². The minimum absolute atomic E-state index is 0.496. The Morgan fingerprint density at radius 3 is 2.62 bits per heavy atom. The zero-order valence-corrected chi connectivity index (χ0v) is 16.4. The largest absolute Gasteiger partial charge is 0.379 e. The van der Waals surface area contributed by atoms with Crippen LogP contribution in [0.15, 0.2) is 29.3 Å². The van der Waals surface area contributed by atoms with Crippen LogP contribution in [0.4, 0.5) is 0 Å². The molecule has 5 heteroatoms. The lowest BCUT2D eigenvalue weighted by Crippen LogP contribution is -2.46. The Hall–Kier alpha value is -1.59. The van der Waals surface area contributed by atoms with Gasteiger partial charge in [0.25, 0.3) is 0 Å². The highest BCUT2D eigenvalue weighted by Crippen LogP contribution is 2.42. The normalized spacial score (nSPS) is 20.5. The molecular formula is C21H34N4O. The molecule has 3 rings (SSSR count). The lowest BCUT2D eigenvalue weighted by atomic mass is 9.67. The Bertz CT molecular complexity index is 586. The van der Waals surface area contributed by atoms with E-state index in [-0.39, 0.29) is 0 Å². The zero-order chi connectivity index (χ0) is 18.2. The molecule has 0 unspecified atom stereocenters. The summed E-state index contributed by atoms with van der Waals surface area (Å²) in [7, 11) is 1.85. The molecule has 1 aliphatic heterocycles. The first-order valence-corrected chi connectivity index (χ1v) is 10.1. The SMILES string of the molecule is CCC1(CNC(=NC)NCc2cccc(CN3CCOCC3)c2)CCC1. The summed E-state index contributed by atoms with van der Waals surface area (Å²) in [5.41, 5.74) is 3.16. The third-order valence-electron chi connectivity index (χ3n) is 5.98. The van der Waals surface area contributed by atoms with Gasteiger partial charge < -0.3 is 15.4 Å². The minimum Gasteiger partial charge on any atom is -0.379 e. The van der Waals surface area contributed by atoms with Crippen molar-refractivity contribution in [2.45, 2.75) is 45.7 Å². The molecule has 0 aromatic heterocycles. The van der Waals surface area contributed by atoms with Crippen molar-refractivity contribution in [2.75, 3.05) is 39.9 Å². The van der Waals surface area contributed by atoms with E-state index in [1.165, 1.54) is 36.8 Å². The number of rotatable bonds is 7. The molecule has 0 bridgehead atoms. The third kappa shape index (κ3) is 5.21. The molecule has 2 fully saturated rings. The summed E-state index contributed by atoms with van der Waals surface area (Å²) in [5.74, 6) is 0.906. The number of hydrogen-bond donors (Lipinski definition) is 2. The minimum atomic E-state index is 0.496. The van der Waals surface area contributed by atoms with Crippen molar-refractivity contribution in [3.05, 3.63) is 35.4 Å². The molecule has 1 aromatic rings. The Kier molecular flexibility index (Phi) is 6.92. The van der Waals surface area contributed by atoms with Gasteiger partial charge in [0, 0.05) is 39.8 Å². The number of hydrogen-bond acceptors (Lipinski definition) is 3. The number of aliphatic imine (C=N–C) groups is 1. The van der Waals surface area contributed by atoms with Crippen LogP contribution in [0.1, 0.15) is 43.7 Å². The van der Waals surface area contributed by atoms with Crippen LogP contribution in [-0.4, -0.2) is 50.8 Å². The number of ether oxygens (including phenoxy) is 1. The van der Waals surface area contributed by atoms with Gasteiger partial charge in [-0.25, -0.2) is 0 Å². The van der Waals surface area contributed by atoms with Crippen LogP contribution in [0.25, 0.3) is 0 Å². The molecule has 26 heavy (non-hydrogen) atoms. The number of morpholine rings is 1. The number of benzene rings is 1. The first-order valence-electron chi connectivity index (χ1n) is 10.1.